The summed E-state index contributed by atoms with van der Waals surface area (Å²) in [4.78, 5) is 25.0. The van der Waals surface area contributed by atoms with Crippen LogP contribution < -0.4 is 11.1 Å². The van der Waals surface area contributed by atoms with Crippen LogP contribution in [0, 0.1) is 0 Å². The minimum absolute atomic E-state index is 0.349. The lowest BCUT2D eigenvalue weighted by atomic mass is 10.3. The molecule has 6 heteroatoms. The van der Waals surface area contributed by atoms with Crippen LogP contribution in [0.5, 0.6) is 0 Å². The summed E-state index contributed by atoms with van der Waals surface area (Å²) in [7, 11) is 0. The van der Waals surface area contributed by atoms with Gasteiger partial charge in [-0.3, -0.25) is 9.59 Å². The third kappa shape index (κ3) is 2.73. The molecule has 5 nitrogen and oxygen atoms in total. The molecule has 1 saturated heterocycles. The molecule has 18 heavy (non-hydrogen) atoms. The SMILES string of the molecule is Nc1ccc(NC(=O)C(=O)N2CCCC2)cc1Cl. The third-order valence-corrected chi connectivity index (χ3v) is 3.17. The molecule has 3 N–H and O–H groups in total. The molecule has 1 aliphatic heterocycles. The number of benzene rings is 1. The topological polar surface area (TPSA) is 75.4 Å². The van der Waals surface area contributed by atoms with E-state index in [4.69, 9.17) is 17.3 Å². The minimum atomic E-state index is -0.641. The standard InChI is InChI=1S/C12H14ClN3O2/c13-9-7-8(3-4-10(9)14)15-11(17)12(18)16-5-1-2-6-16/h3-4,7H,1-2,5-6,14H2,(H,15,17). The normalized spacial score (nSPS) is 14.6. The van der Waals surface area contributed by atoms with E-state index < -0.39 is 11.8 Å². The zero-order chi connectivity index (χ0) is 13.1. The molecule has 0 atom stereocenters. The van der Waals surface area contributed by atoms with Crippen LogP contribution in [0.25, 0.3) is 0 Å². The highest BCUT2D eigenvalue weighted by molar-refractivity contribution is 6.40. The lowest BCUT2D eigenvalue weighted by molar-refractivity contribution is -0.142. The maximum atomic E-state index is 11.8. The van der Waals surface area contributed by atoms with Crippen molar-refractivity contribution < 1.29 is 9.59 Å². The molecular weight excluding hydrogens is 254 g/mol. The fraction of sp³-hybridized carbons (Fsp3) is 0.333. The van der Waals surface area contributed by atoms with E-state index in [1.165, 1.54) is 6.07 Å². The van der Waals surface area contributed by atoms with Gasteiger partial charge < -0.3 is 16.0 Å². The zero-order valence-corrected chi connectivity index (χ0v) is 10.5. The summed E-state index contributed by atoms with van der Waals surface area (Å²) in [5, 5.41) is 2.87. The number of anilines is 2. The molecule has 1 aliphatic rings. The number of carbonyl (C=O) groups is 2. The van der Waals surface area contributed by atoms with Crippen molar-refractivity contribution >= 4 is 34.8 Å². The van der Waals surface area contributed by atoms with Crippen molar-refractivity contribution in [3.63, 3.8) is 0 Å². The molecule has 0 unspecified atom stereocenters. The van der Waals surface area contributed by atoms with Crippen LogP contribution in [0.15, 0.2) is 18.2 Å². The van der Waals surface area contributed by atoms with E-state index >= 15 is 0 Å². The number of amides is 2. The first-order chi connectivity index (χ1) is 8.58. The first kappa shape index (κ1) is 12.7. The smallest absolute Gasteiger partial charge is 0.313 e. The number of nitrogens with two attached hydrogens (primary N) is 1. The molecule has 1 aromatic rings. The van der Waals surface area contributed by atoms with Crippen molar-refractivity contribution in [2.24, 2.45) is 0 Å². The fourth-order valence-corrected chi connectivity index (χ4v) is 2.03. The van der Waals surface area contributed by atoms with Gasteiger partial charge >= 0.3 is 11.8 Å². The molecule has 2 amide bonds. The summed E-state index contributed by atoms with van der Waals surface area (Å²) >= 11 is 5.83. The Morgan fingerprint density at radius 1 is 1.28 bits per heavy atom. The van der Waals surface area contributed by atoms with Crippen LogP contribution in [-0.2, 0) is 9.59 Å². The average molecular weight is 268 g/mol. The Morgan fingerprint density at radius 3 is 2.56 bits per heavy atom. The van der Waals surface area contributed by atoms with Gasteiger partial charge in [-0.2, -0.15) is 0 Å². The van der Waals surface area contributed by atoms with Crippen LogP contribution in [-0.4, -0.2) is 29.8 Å². The monoisotopic (exact) mass is 267 g/mol. The minimum Gasteiger partial charge on any atom is -0.398 e. The van der Waals surface area contributed by atoms with Gasteiger partial charge in [0.2, 0.25) is 0 Å². The highest BCUT2D eigenvalue weighted by Gasteiger charge is 2.24. The second kappa shape index (κ2) is 5.27. The maximum absolute atomic E-state index is 11.8. The number of likely N-dealkylation sites (tertiary alicyclic amines) is 1. The Labute approximate surface area is 110 Å². The van der Waals surface area contributed by atoms with Crippen molar-refractivity contribution in [3.8, 4) is 0 Å². The quantitative estimate of drug-likeness (QED) is 0.598. The van der Waals surface area contributed by atoms with Gasteiger partial charge in [-0.05, 0) is 31.0 Å². The number of hydrogen-bond donors (Lipinski definition) is 2. The molecule has 0 spiro atoms. The first-order valence-corrected chi connectivity index (χ1v) is 6.11. The van der Waals surface area contributed by atoms with E-state index in [1.807, 2.05) is 0 Å². The number of nitrogen functional groups attached to an aromatic ring is 1. The highest BCUT2D eigenvalue weighted by Crippen LogP contribution is 2.22. The maximum Gasteiger partial charge on any atom is 0.313 e. The van der Waals surface area contributed by atoms with Crippen molar-refractivity contribution in [2.45, 2.75) is 12.8 Å². The van der Waals surface area contributed by atoms with E-state index in [1.54, 1.807) is 17.0 Å². The van der Waals surface area contributed by atoms with Crippen LogP contribution >= 0.6 is 11.6 Å². The van der Waals surface area contributed by atoms with Gasteiger partial charge in [-0.25, -0.2) is 0 Å². The molecule has 96 valence electrons. The molecular formula is C12H14ClN3O2. The van der Waals surface area contributed by atoms with E-state index in [-0.39, 0.29) is 0 Å². The van der Waals surface area contributed by atoms with Gasteiger partial charge in [0.1, 0.15) is 0 Å². The Balaban J connectivity index is 2.01. The Morgan fingerprint density at radius 2 is 1.94 bits per heavy atom. The number of hydrogen-bond acceptors (Lipinski definition) is 3. The predicted octanol–water partition coefficient (Wildman–Crippen LogP) is 1.48. The van der Waals surface area contributed by atoms with Crippen LogP contribution in [0.4, 0.5) is 11.4 Å². The Bertz CT molecular complexity index is 484. The number of nitrogens with one attached hydrogen (secondary N) is 1. The summed E-state index contributed by atoms with van der Waals surface area (Å²) in [5.41, 5.74) is 6.45. The van der Waals surface area contributed by atoms with Gasteiger partial charge in [0.15, 0.2) is 0 Å². The summed E-state index contributed by atoms with van der Waals surface area (Å²) < 4.78 is 0. The van der Waals surface area contributed by atoms with Gasteiger partial charge in [0, 0.05) is 18.8 Å². The van der Waals surface area contributed by atoms with Gasteiger partial charge in [-0.15, -0.1) is 0 Å². The van der Waals surface area contributed by atoms with Crippen molar-refractivity contribution in [1.82, 2.24) is 4.90 Å². The average Bonchev–Trinajstić information content (AvgIpc) is 2.86. The van der Waals surface area contributed by atoms with Gasteiger partial charge in [0.25, 0.3) is 0 Å². The van der Waals surface area contributed by atoms with E-state index in [0.29, 0.717) is 29.5 Å². The lowest BCUT2D eigenvalue weighted by Gasteiger charge is -2.14. The predicted molar refractivity (Wildman–Crippen MR) is 70.3 cm³/mol. The molecule has 0 bridgehead atoms. The summed E-state index contributed by atoms with van der Waals surface area (Å²) in [6.07, 6.45) is 1.90. The van der Waals surface area contributed by atoms with Crippen LogP contribution in [0.2, 0.25) is 5.02 Å². The summed E-state index contributed by atoms with van der Waals surface area (Å²) in [5.74, 6) is -1.14. The molecule has 2 rings (SSSR count). The van der Waals surface area contributed by atoms with Crippen LogP contribution in [0.3, 0.4) is 0 Å². The molecule has 0 radical (unpaired) electrons. The molecule has 1 fully saturated rings. The van der Waals surface area contributed by atoms with E-state index in [0.717, 1.165) is 12.8 Å². The van der Waals surface area contributed by atoms with Crippen molar-refractivity contribution in [3.05, 3.63) is 23.2 Å². The fourth-order valence-electron chi connectivity index (χ4n) is 1.85. The molecule has 1 aromatic carbocycles. The van der Waals surface area contributed by atoms with Crippen molar-refractivity contribution in [1.29, 1.82) is 0 Å². The Hall–Kier alpha value is -1.75. The summed E-state index contributed by atoms with van der Waals surface area (Å²) in [6, 6.07) is 4.71. The van der Waals surface area contributed by atoms with E-state index in [9.17, 15) is 9.59 Å². The molecule has 0 aliphatic carbocycles. The lowest BCUT2D eigenvalue weighted by Crippen LogP contribution is -2.37. The summed E-state index contributed by atoms with van der Waals surface area (Å²) in [6.45, 7) is 1.30. The number of halogens is 1. The van der Waals surface area contributed by atoms with E-state index in [2.05, 4.69) is 5.32 Å². The number of nitrogens with zero attached hydrogens (tertiary/aromatic N) is 1. The third-order valence-electron chi connectivity index (χ3n) is 2.85. The number of carbonyl (C=O) groups excluding carboxylic acids is 2. The molecule has 1 heterocycles. The number of rotatable bonds is 1. The Kier molecular flexibility index (Phi) is 3.72. The molecule has 0 saturated carbocycles. The zero-order valence-electron chi connectivity index (χ0n) is 9.78. The van der Waals surface area contributed by atoms with Gasteiger partial charge in [-0.1, -0.05) is 11.6 Å². The van der Waals surface area contributed by atoms with Crippen molar-refractivity contribution in [2.75, 3.05) is 24.1 Å². The second-order valence-corrected chi connectivity index (χ2v) is 4.60. The van der Waals surface area contributed by atoms with Gasteiger partial charge in [0.05, 0.1) is 10.7 Å². The second-order valence-electron chi connectivity index (χ2n) is 4.19. The first-order valence-electron chi connectivity index (χ1n) is 5.73. The largest absolute Gasteiger partial charge is 0.398 e. The van der Waals surface area contributed by atoms with Crippen LogP contribution in [0.1, 0.15) is 12.8 Å². The molecule has 0 aromatic heterocycles. The highest BCUT2D eigenvalue weighted by atomic mass is 35.5.